The second-order valence-corrected chi connectivity index (χ2v) is 8.83. The fourth-order valence-corrected chi connectivity index (χ4v) is 4.63. The third kappa shape index (κ3) is 2.68. The molecule has 7 nitrogen and oxygen atoms in total. The molecule has 0 bridgehead atoms. The normalized spacial score (nSPS) is 13.7. The molecule has 3 aromatic rings. The fraction of sp³-hybridized carbons (Fsp3) is 0.211. The molecule has 0 aliphatic carbocycles. The summed E-state index contributed by atoms with van der Waals surface area (Å²) in [5.41, 5.74) is 8.92. The van der Waals surface area contributed by atoms with Gasteiger partial charge < -0.3 is 15.6 Å². The third-order valence-corrected chi connectivity index (χ3v) is 6.74. The van der Waals surface area contributed by atoms with Crippen LogP contribution in [-0.2, 0) is 16.6 Å². The number of fused-ring (bicyclic) bond motifs is 5. The van der Waals surface area contributed by atoms with Crippen molar-refractivity contribution in [2.75, 3.05) is 26.0 Å². The van der Waals surface area contributed by atoms with Gasteiger partial charge in [0.2, 0.25) is 15.9 Å². The van der Waals surface area contributed by atoms with E-state index in [4.69, 9.17) is 5.73 Å². The van der Waals surface area contributed by atoms with Crippen LogP contribution in [0.4, 0.5) is 5.69 Å². The molecule has 0 saturated heterocycles. The van der Waals surface area contributed by atoms with Crippen molar-refractivity contribution in [1.29, 1.82) is 0 Å². The predicted molar refractivity (Wildman–Crippen MR) is 105 cm³/mol. The number of carbonyl (C=O) groups excluding carboxylic acids is 1. The van der Waals surface area contributed by atoms with Crippen molar-refractivity contribution in [2.45, 2.75) is 11.4 Å². The number of sulfonamides is 1. The van der Waals surface area contributed by atoms with Crippen LogP contribution >= 0.6 is 0 Å². The Hall–Kier alpha value is -2.84. The molecule has 0 fully saturated rings. The first-order valence-electron chi connectivity index (χ1n) is 8.53. The van der Waals surface area contributed by atoms with Crippen LogP contribution in [0.25, 0.3) is 22.2 Å². The Labute approximate surface area is 157 Å². The van der Waals surface area contributed by atoms with Gasteiger partial charge in [0.1, 0.15) is 0 Å². The first-order chi connectivity index (χ1) is 12.8. The highest BCUT2D eigenvalue weighted by Crippen LogP contribution is 2.40. The van der Waals surface area contributed by atoms with Crippen LogP contribution in [0.1, 0.15) is 10.4 Å². The lowest BCUT2D eigenvalue weighted by atomic mass is 10.1. The summed E-state index contributed by atoms with van der Waals surface area (Å²) in [4.78, 5) is 11.8. The third-order valence-electron chi connectivity index (χ3n) is 4.88. The molecule has 27 heavy (non-hydrogen) atoms. The van der Waals surface area contributed by atoms with Gasteiger partial charge in [-0.3, -0.25) is 4.79 Å². The minimum Gasteiger partial charge on any atom is -0.383 e. The predicted octanol–water partition coefficient (Wildman–Crippen LogP) is 2.08. The molecule has 2 heterocycles. The maximum Gasteiger partial charge on any atom is 0.248 e. The van der Waals surface area contributed by atoms with E-state index in [1.165, 1.54) is 18.4 Å². The van der Waals surface area contributed by atoms with Crippen LogP contribution in [0.2, 0.25) is 0 Å². The number of nitrogens with zero attached hydrogens (tertiary/aromatic N) is 2. The number of hydrogen-bond donors (Lipinski definition) is 2. The zero-order valence-electron chi connectivity index (χ0n) is 15.1. The van der Waals surface area contributed by atoms with E-state index in [9.17, 15) is 13.2 Å². The number of hydrogen-bond acceptors (Lipinski definition) is 4. The molecule has 8 heteroatoms. The maximum absolute atomic E-state index is 12.9. The summed E-state index contributed by atoms with van der Waals surface area (Å²) in [5.74, 6) is -0.490. The number of rotatable bonds is 3. The van der Waals surface area contributed by atoms with Gasteiger partial charge in [-0.25, -0.2) is 12.7 Å². The quantitative estimate of drug-likeness (QED) is 0.722. The Morgan fingerprint density at radius 1 is 1.19 bits per heavy atom. The van der Waals surface area contributed by atoms with Crippen molar-refractivity contribution >= 4 is 32.5 Å². The van der Waals surface area contributed by atoms with Gasteiger partial charge in [0, 0.05) is 54.9 Å². The number of carbonyl (C=O) groups is 1. The largest absolute Gasteiger partial charge is 0.383 e. The van der Waals surface area contributed by atoms with Crippen LogP contribution in [0, 0.1) is 0 Å². The van der Waals surface area contributed by atoms with E-state index in [1.54, 1.807) is 24.3 Å². The van der Waals surface area contributed by atoms with Gasteiger partial charge >= 0.3 is 0 Å². The highest BCUT2D eigenvalue weighted by atomic mass is 32.2. The van der Waals surface area contributed by atoms with Crippen molar-refractivity contribution in [3.63, 3.8) is 0 Å². The van der Waals surface area contributed by atoms with Crippen molar-refractivity contribution in [1.82, 2.24) is 8.87 Å². The van der Waals surface area contributed by atoms with Gasteiger partial charge in [-0.1, -0.05) is 12.1 Å². The first kappa shape index (κ1) is 17.6. The van der Waals surface area contributed by atoms with Gasteiger partial charge in [-0.15, -0.1) is 0 Å². The van der Waals surface area contributed by atoms with Gasteiger partial charge in [-0.2, -0.15) is 0 Å². The Morgan fingerprint density at radius 2 is 1.96 bits per heavy atom. The van der Waals surface area contributed by atoms with Crippen molar-refractivity contribution in [3.05, 3.63) is 48.0 Å². The molecular formula is C19H20N4O3S. The van der Waals surface area contributed by atoms with Crippen LogP contribution in [0.3, 0.4) is 0 Å². The molecule has 0 unspecified atom stereocenters. The van der Waals surface area contributed by atoms with E-state index in [-0.39, 0.29) is 4.90 Å². The fourth-order valence-electron chi connectivity index (χ4n) is 3.51. The number of nitrogens with two attached hydrogens (primary N) is 1. The SMILES string of the molecule is CN(C)S(=O)(=O)c1cccc2c1-c1cc3ccc(C(N)=O)cc3n1CCN2. The molecule has 0 radical (unpaired) electrons. The zero-order valence-corrected chi connectivity index (χ0v) is 15.9. The number of nitrogens with one attached hydrogen (secondary N) is 1. The number of benzene rings is 2. The van der Waals surface area contributed by atoms with Crippen LogP contribution in [0.15, 0.2) is 47.4 Å². The molecule has 140 valence electrons. The minimum absolute atomic E-state index is 0.249. The average Bonchev–Trinajstić information content (AvgIpc) is 2.88. The van der Waals surface area contributed by atoms with Gasteiger partial charge in [0.25, 0.3) is 0 Å². The lowest BCUT2D eigenvalue weighted by molar-refractivity contribution is 0.100. The summed E-state index contributed by atoms with van der Waals surface area (Å²) in [6.07, 6.45) is 0. The van der Waals surface area contributed by atoms with E-state index in [2.05, 4.69) is 5.32 Å². The van der Waals surface area contributed by atoms with Crippen molar-refractivity contribution in [3.8, 4) is 11.3 Å². The molecule has 1 amide bonds. The van der Waals surface area contributed by atoms with E-state index < -0.39 is 15.9 Å². The van der Waals surface area contributed by atoms with Gasteiger partial charge in [-0.05, 0) is 30.3 Å². The summed E-state index contributed by atoms with van der Waals surface area (Å²) in [7, 11) is -0.588. The second-order valence-electron chi connectivity index (χ2n) is 6.71. The molecular weight excluding hydrogens is 364 g/mol. The average molecular weight is 384 g/mol. The topological polar surface area (TPSA) is 97.4 Å². The van der Waals surface area contributed by atoms with E-state index in [0.717, 1.165) is 22.3 Å². The lowest BCUT2D eigenvalue weighted by Crippen LogP contribution is -2.23. The summed E-state index contributed by atoms with van der Waals surface area (Å²) in [6.45, 7) is 1.27. The van der Waals surface area contributed by atoms with Crippen molar-refractivity contribution < 1.29 is 13.2 Å². The smallest absolute Gasteiger partial charge is 0.248 e. The minimum atomic E-state index is -3.63. The number of anilines is 1. The zero-order chi connectivity index (χ0) is 19.3. The molecule has 1 aromatic heterocycles. The Balaban J connectivity index is 2.06. The molecule has 4 rings (SSSR count). The molecule has 0 saturated carbocycles. The number of primary amides is 1. The molecule has 1 aliphatic heterocycles. The molecule has 2 aromatic carbocycles. The van der Waals surface area contributed by atoms with Gasteiger partial charge in [0.05, 0.1) is 10.6 Å². The summed E-state index contributed by atoms with van der Waals surface area (Å²) in [6, 6.07) is 12.5. The van der Waals surface area contributed by atoms with Gasteiger partial charge in [0.15, 0.2) is 0 Å². The standard InChI is InChI=1S/C19H20N4O3S/c1-22(2)27(25,26)17-5-3-4-14-18(17)16-10-12-6-7-13(19(20)24)11-15(12)23(16)9-8-21-14/h3-7,10-11,21H,8-9H2,1-2H3,(H2,20,24). The summed E-state index contributed by atoms with van der Waals surface area (Å²) >= 11 is 0. The monoisotopic (exact) mass is 384 g/mol. The maximum atomic E-state index is 12.9. The van der Waals surface area contributed by atoms with Crippen LogP contribution < -0.4 is 11.1 Å². The van der Waals surface area contributed by atoms with Crippen molar-refractivity contribution in [2.24, 2.45) is 5.73 Å². The highest BCUT2D eigenvalue weighted by Gasteiger charge is 2.27. The van der Waals surface area contributed by atoms with Crippen LogP contribution in [0.5, 0.6) is 0 Å². The highest BCUT2D eigenvalue weighted by molar-refractivity contribution is 7.89. The Kier molecular flexibility index (Phi) is 3.97. The Morgan fingerprint density at radius 3 is 2.67 bits per heavy atom. The van der Waals surface area contributed by atoms with Crippen LogP contribution in [-0.4, -0.2) is 43.8 Å². The van der Waals surface area contributed by atoms with E-state index >= 15 is 0 Å². The Bertz CT molecular complexity index is 1180. The number of aromatic nitrogens is 1. The number of amides is 1. The summed E-state index contributed by atoms with van der Waals surface area (Å²) in [5, 5.41) is 4.25. The second kappa shape index (κ2) is 6.11. The summed E-state index contributed by atoms with van der Waals surface area (Å²) < 4.78 is 29.1. The van der Waals surface area contributed by atoms with E-state index in [1.807, 2.05) is 22.8 Å². The first-order valence-corrected chi connectivity index (χ1v) is 9.97. The lowest BCUT2D eigenvalue weighted by Gasteiger charge is -2.17. The van der Waals surface area contributed by atoms with E-state index in [0.29, 0.717) is 24.2 Å². The molecule has 1 aliphatic rings. The molecule has 0 spiro atoms. The molecule has 3 N–H and O–H groups in total. The molecule has 0 atom stereocenters.